The average molecular weight is 409 g/mol. The van der Waals surface area contributed by atoms with Crippen LogP contribution in [0.25, 0.3) is 0 Å². The Balaban J connectivity index is 1.78. The molecule has 1 fully saturated rings. The van der Waals surface area contributed by atoms with Crippen molar-refractivity contribution in [1.29, 1.82) is 0 Å². The number of benzene rings is 1. The Morgan fingerprint density at radius 2 is 2.11 bits per heavy atom. The second-order valence-electron chi connectivity index (χ2n) is 6.66. The summed E-state index contributed by atoms with van der Waals surface area (Å²) in [6.07, 6.45) is 1.54. The van der Waals surface area contributed by atoms with Crippen molar-refractivity contribution >= 4 is 33.0 Å². The van der Waals surface area contributed by atoms with E-state index < -0.39 is 10.0 Å². The van der Waals surface area contributed by atoms with E-state index in [0.717, 1.165) is 35.3 Å². The van der Waals surface area contributed by atoms with Gasteiger partial charge in [0.2, 0.25) is 5.91 Å². The molecule has 0 spiro atoms. The molecule has 0 aliphatic carbocycles. The largest absolute Gasteiger partial charge is 0.377 e. The molecular formula is C19H24N2O4S2. The molecule has 1 aromatic carbocycles. The monoisotopic (exact) mass is 408 g/mol. The minimum absolute atomic E-state index is 0.173. The van der Waals surface area contributed by atoms with Crippen molar-refractivity contribution in [3.05, 3.63) is 46.8 Å². The van der Waals surface area contributed by atoms with Crippen molar-refractivity contribution in [2.45, 2.75) is 37.0 Å². The van der Waals surface area contributed by atoms with Crippen LogP contribution >= 0.6 is 11.3 Å². The molecule has 27 heavy (non-hydrogen) atoms. The highest BCUT2D eigenvalue weighted by atomic mass is 32.2. The van der Waals surface area contributed by atoms with Gasteiger partial charge in [0.15, 0.2) is 0 Å². The van der Waals surface area contributed by atoms with Crippen LogP contribution in [-0.4, -0.2) is 44.4 Å². The molecule has 1 aromatic heterocycles. The van der Waals surface area contributed by atoms with E-state index in [0.29, 0.717) is 12.3 Å². The molecule has 8 heteroatoms. The summed E-state index contributed by atoms with van der Waals surface area (Å²) < 4.78 is 33.0. The van der Waals surface area contributed by atoms with Crippen LogP contribution in [-0.2, 0) is 19.6 Å². The van der Waals surface area contributed by atoms with Crippen LogP contribution < -0.4 is 5.32 Å². The third-order valence-electron chi connectivity index (χ3n) is 4.72. The van der Waals surface area contributed by atoms with Gasteiger partial charge in [0.05, 0.1) is 12.6 Å². The third kappa shape index (κ3) is 4.76. The van der Waals surface area contributed by atoms with Gasteiger partial charge in [-0.1, -0.05) is 18.2 Å². The van der Waals surface area contributed by atoms with Crippen molar-refractivity contribution in [3.63, 3.8) is 0 Å². The van der Waals surface area contributed by atoms with Crippen LogP contribution in [0, 0.1) is 13.8 Å². The van der Waals surface area contributed by atoms with Gasteiger partial charge in [0.1, 0.15) is 4.21 Å². The predicted octanol–water partition coefficient (Wildman–Crippen LogP) is 3.17. The zero-order valence-electron chi connectivity index (χ0n) is 15.5. The lowest BCUT2D eigenvalue weighted by Crippen LogP contribution is -2.42. The maximum atomic E-state index is 13.0. The highest BCUT2D eigenvalue weighted by Gasteiger charge is 2.31. The lowest BCUT2D eigenvalue weighted by Gasteiger charge is -2.24. The van der Waals surface area contributed by atoms with Gasteiger partial charge >= 0.3 is 0 Å². The number of nitrogens with one attached hydrogen (secondary N) is 1. The summed E-state index contributed by atoms with van der Waals surface area (Å²) >= 11 is 1.15. The third-order valence-corrected chi connectivity index (χ3v) is 7.90. The Bertz CT molecular complexity index is 888. The molecule has 3 rings (SSSR count). The Kier molecular flexibility index (Phi) is 6.31. The van der Waals surface area contributed by atoms with Gasteiger partial charge in [-0.2, -0.15) is 4.31 Å². The summed E-state index contributed by atoms with van der Waals surface area (Å²) in [6.45, 7) is 4.47. The molecule has 2 aromatic rings. The summed E-state index contributed by atoms with van der Waals surface area (Å²) in [5.41, 5.74) is 2.73. The van der Waals surface area contributed by atoms with Crippen LogP contribution in [0.15, 0.2) is 39.9 Å². The number of carbonyl (C=O) groups excluding carboxylic acids is 1. The van der Waals surface area contributed by atoms with Crippen LogP contribution in [0.4, 0.5) is 5.69 Å². The van der Waals surface area contributed by atoms with E-state index in [1.165, 1.54) is 4.31 Å². The van der Waals surface area contributed by atoms with E-state index in [4.69, 9.17) is 4.74 Å². The van der Waals surface area contributed by atoms with E-state index in [2.05, 4.69) is 5.32 Å². The van der Waals surface area contributed by atoms with E-state index in [1.54, 1.807) is 17.5 Å². The quantitative estimate of drug-likeness (QED) is 0.763. The molecule has 1 saturated heterocycles. The SMILES string of the molecule is Cc1cccc(NC(=O)CN(CC2CCCO2)S(=O)(=O)c2cccs2)c1C. The minimum Gasteiger partial charge on any atom is -0.377 e. The first-order valence-corrected chi connectivity index (χ1v) is 11.2. The summed E-state index contributed by atoms with van der Waals surface area (Å²) in [5, 5.41) is 4.56. The van der Waals surface area contributed by atoms with Crippen LogP contribution in [0.3, 0.4) is 0 Å². The van der Waals surface area contributed by atoms with E-state index in [-0.39, 0.29) is 29.3 Å². The highest BCUT2D eigenvalue weighted by molar-refractivity contribution is 7.91. The number of ether oxygens (including phenoxy) is 1. The maximum absolute atomic E-state index is 13.0. The van der Waals surface area contributed by atoms with Gasteiger partial charge in [0, 0.05) is 18.8 Å². The average Bonchev–Trinajstić information content (AvgIpc) is 3.32. The number of carbonyl (C=O) groups is 1. The molecule has 1 aliphatic heterocycles. The number of nitrogens with zero attached hydrogens (tertiary/aromatic N) is 1. The molecule has 1 aliphatic rings. The maximum Gasteiger partial charge on any atom is 0.253 e. The first-order valence-electron chi connectivity index (χ1n) is 8.89. The summed E-state index contributed by atoms with van der Waals surface area (Å²) in [4.78, 5) is 12.6. The summed E-state index contributed by atoms with van der Waals surface area (Å²) in [5.74, 6) is -0.359. The molecule has 1 N–H and O–H groups in total. The highest BCUT2D eigenvalue weighted by Crippen LogP contribution is 2.24. The fraction of sp³-hybridized carbons (Fsp3) is 0.421. The number of thiophene rings is 1. The summed E-state index contributed by atoms with van der Waals surface area (Å²) in [6, 6.07) is 8.90. The van der Waals surface area contributed by atoms with Crippen molar-refractivity contribution < 1.29 is 17.9 Å². The first kappa shape index (κ1) is 20.0. The summed E-state index contributed by atoms with van der Waals surface area (Å²) in [7, 11) is -3.74. The lowest BCUT2D eigenvalue weighted by atomic mass is 10.1. The standard InChI is InChI=1S/C19H24N2O4S2/c1-14-6-3-8-17(15(14)2)20-18(22)13-21(12-16-7-4-10-25-16)27(23,24)19-9-5-11-26-19/h3,5-6,8-9,11,16H,4,7,10,12-13H2,1-2H3,(H,20,22). The Hall–Kier alpha value is -1.74. The van der Waals surface area contributed by atoms with Crippen molar-refractivity contribution in [2.75, 3.05) is 25.0 Å². The zero-order valence-corrected chi connectivity index (χ0v) is 17.1. The topological polar surface area (TPSA) is 75.7 Å². The lowest BCUT2D eigenvalue weighted by molar-refractivity contribution is -0.116. The molecule has 2 heterocycles. The second kappa shape index (κ2) is 8.52. The predicted molar refractivity (Wildman–Crippen MR) is 107 cm³/mol. The normalized spacial score (nSPS) is 17.4. The van der Waals surface area contributed by atoms with Gasteiger partial charge in [-0.15, -0.1) is 11.3 Å². The van der Waals surface area contributed by atoms with Gasteiger partial charge < -0.3 is 10.1 Å². The smallest absolute Gasteiger partial charge is 0.253 e. The molecule has 1 amide bonds. The molecule has 6 nitrogen and oxygen atoms in total. The molecular weight excluding hydrogens is 384 g/mol. The van der Waals surface area contributed by atoms with Crippen molar-refractivity contribution in [2.24, 2.45) is 0 Å². The van der Waals surface area contributed by atoms with Crippen LogP contribution in [0.5, 0.6) is 0 Å². The van der Waals surface area contributed by atoms with Crippen molar-refractivity contribution in [1.82, 2.24) is 4.31 Å². The van der Waals surface area contributed by atoms with Crippen LogP contribution in [0.1, 0.15) is 24.0 Å². The minimum atomic E-state index is -3.74. The number of hydrogen-bond donors (Lipinski definition) is 1. The fourth-order valence-electron chi connectivity index (χ4n) is 3.04. The first-order chi connectivity index (χ1) is 12.9. The Morgan fingerprint density at radius 1 is 1.30 bits per heavy atom. The number of rotatable bonds is 7. The molecule has 0 bridgehead atoms. The fourth-order valence-corrected chi connectivity index (χ4v) is 5.61. The van der Waals surface area contributed by atoms with Crippen molar-refractivity contribution in [3.8, 4) is 0 Å². The number of hydrogen-bond acceptors (Lipinski definition) is 5. The number of sulfonamides is 1. The van der Waals surface area contributed by atoms with E-state index in [9.17, 15) is 13.2 Å². The molecule has 1 unspecified atom stereocenters. The van der Waals surface area contributed by atoms with Gasteiger partial charge in [0.25, 0.3) is 10.0 Å². The molecule has 0 radical (unpaired) electrons. The van der Waals surface area contributed by atoms with Gasteiger partial charge in [-0.25, -0.2) is 8.42 Å². The number of anilines is 1. The van der Waals surface area contributed by atoms with Gasteiger partial charge in [-0.05, 0) is 55.3 Å². The number of aryl methyl sites for hydroxylation is 1. The Morgan fingerprint density at radius 3 is 2.78 bits per heavy atom. The molecule has 0 saturated carbocycles. The number of amides is 1. The Labute approximate surface area is 164 Å². The van der Waals surface area contributed by atoms with Crippen LogP contribution in [0.2, 0.25) is 0 Å². The van der Waals surface area contributed by atoms with E-state index in [1.807, 2.05) is 32.0 Å². The molecule has 146 valence electrons. The van der Waals surface area contributed by atoms with Gasteiger partial charge in [-0.3, -0.25) is 4.79 Å². The second-order valence-corrected chi connectivity index (χ2v) is 9.77. The van der Waals surface area contributed by atoms with E-state index >= 15 is 0 Å². The molecule has 1 atom stereocenters. The zero-order chi connectivity index (χ0) is 19.4.